The van der Waals surface area contributed by atoms with Crippen molar-refractivity contribution in [3.63, 3.8) is 0 Å². The fourth-order valence-corrected chi connectivity index (χ4v) is 1.62. The molecule has 0 fully saturated rings. The Kier molecular flexibility index (Phi) is 3.50. The third-order valence-electron chi connectivity index (χ3n) is 2.42. The van der Waals surface area contributed by atoms with E-state index in [4.69, 9.17) is 4.42 Å². The minimum absolute atomic E-state index is 0.191. The predicted molar refractivity (Wildman–Crippen MR) is 56.3 cm³/mol. The lowest BCUT2D eigenvalue weighted by Crippen LogP contribution is -2.37. The summed E-state index contributed by atoms with van der Waals surface area (Å²) in [6.07, 6.45) is 2.19. The molecule has 3 nitrogen and oxygen atoms in total. The summed E-state index contributed by atoms with van der Waals surface area (Å²) in [6.45, 7) is 3.55. The number of rotatable bonds is 4. The molecule has 4 heteroatoms. The first-order valence-corrected chi connectivity index (χ1v) is 5.34. The molecule has 1 heterocycles. The van der Waals surface area contributed by atoms with Crippen LogP contribution in [0.2, 0.25) is 0 Å². The van der Waals surface area contributed by atoms with E-state index in [1.54, 1.807) is 19.9 Å². The summed E-state index contributed by atoms with van der Waals surface area (Å²) in [5.41, 5.74) is -1.31. The Balaban J connectivity index is 3.01. The van der Waals surface area contributed by atoms with Crippen LogP contribution in [0.1, 0.15) is 37.2 Å². The van der Waals surface area contributed by atoms with E-state index < -0.39 is 5.60 Å². The molecule has 0 aliphatic carbocycles. The lowest BCUT2D eigenvalue weighted by atomic mass is 9.91. The summed E-state index contributed by atoms with van der Waals surface area (Å²) in [5.74, 6) is -0.171. The van der Waals surface area contributed by atoms with Crippen molar-refractivity contribution in [3.8, 4) is 0 Å². The van der Waals surface area contributed by atoms with Crippen molar-refractivity contribution >= 4 is 21.7 Å². The van der Waals surface area contributed by atoms with Gasteiger partial charge in [-0.05, 0) is 34.8 Å². The maximum absolute atomic E-state index is 11.8. The van der Waals surface area contributed by atoms with Crippen LogP contribution in [0.5, 0.6) is 0 Å². The number of carbonyl (C=O) groups is 1. The molecule has 1 aromatic rings. The molecule has 1 rings (SSSR count). The van der Waals surface area contributed by atoms with Gasteiger partial charge in [-0.15, -0.1) is 0 Å². The van der Waals surface area contributed by atoms with Gasteiger partial charge >= 0.3 is 0 Å². The average Bonchev–Trinajstić information content (AvgIpc) is 2.62. The maximum atomic E-state index is 11.8. The fourth-order valence-electron chi connectivity index (χ4n) is 1.24. The predicted octanol–water partition coefficient (Wildman–Crippen LogP) is 2.78. The van der Waals surface area contributed by atoms with E-state index in [1.807, 2.05) is 0 Å². The number of hydrogen-bond acceptors (Lipinski definition) is 3. The van der Waals surface area contributed by atoms with Gasteiger partial charge in [0.2, 0.25) is 5.78 Å². The van der Waals surface area contributed by atoms with Crippen LogP contribution in [-0.4, -0.2) is 16.5 Å². The first kappa shape index (κ1) is 11.5. The molecule has 0 aromatic carbocycles. The van der Waals surface area contributed by atoms with E-state index in [2.05, 4.69) is 15.9 Å². The largest absolute Gasteiger partial charge is 0.460 e. The highest BCUT2D eigenvalue weighted by atomic mass is 79.9. The first-order chi connectivity index (χ1) is 6.55. The second-order valence-corrected chi connectivity index (χ2v) is 4.02. The zero-order valence-electron chi connectivity index (χ0n) is 8.21. The highest BCUT2D eigenvalue weighted by Crippen LogP contribution is 2.26. The van der Waals surface area contributed by atoms with Gasteiger partial charge in [0.15, 0.2) is 5.76 Å². The van der Waals surface area contributed by atoms with E-state index in [0.717, 1.165) is 0 Å². The number of Topliss-reactive ketones (excluding diaryl/α,β-unsaturated/α-hetero) is 1. The summed E-state index contributed by atoms with van der Waals surface area (Å²) in [4.78, 5) is 11.8. The summed E-state index contributed by atoms with van der Waals surface area (Å²) in [7, 11) is 0. The molecule has 0 saturated heterocycles. The summed E-state index contributed by atoms with van der Waals surface area (Å²) < 4.78 is 5.61. The van der Waals surface area contributed by atoms with Crippen molar-refractivity contribution in [2.24, 2.45) is 0 Å². The molecule has 0 spiro atoms. The highest BCUT2D eigenvalue weighted by molar-refractivity contribution is 9.10. The summed E-state index contributed by atoms with van der Waals surface area (Å²) in [5, 5.41) is 9.96. The normalized spacial score (nSPS) is 11.7. The molecule has 78 valence electrons. The molecule has 0 bridgehead atoms. The number of carbonyl (C=O) groups excluding carboxylic acids is 1. The van der Waals surface area contributed by atoms with Crippen LogP contribution in [0.15, 0.2) is 21.2 Å². The molecular formula is C10H13BrO3. The Morgan fingerprint density at radius 2 is 2.14 bits per heavy atom. The Morgan fingerprint density at radius 3 is 2.50 bits per heavy atom. The molecule has 1 N–H and O–H groups in total. The van der Waals surface area contributed by atoms with Gasteiger partial charge in [0.1, 0.15) is 5.60 Å². The molecule has 0 aliphatic rings. The smallest absolute Gasteiger partial charge is 0.230 e. The van der Waals surface area contributed by atoms with Gasteiger partial charge in [-0.3, -0.25) is 4.79 Å². The van der Waals surface area contributed by atoms with Crippen LogP contribution in [0.4, 0.5) is 0 Å². The Bertz CT molecular complexity index is 326. The van der Waals surface area contributed by atoms with Crippen molar-refractivity contribution < 1.29 is 14.3 Å². The first-order valence-electron chi connectivity index (χ1n) is 4.55. The number of aliphatic hydroxyl groups is 1. The third kappa shape index (κ3) is 1.91. The number of hydrogen-bond donors (Lipinski definition) is 1. The van der Waals surface area contributed by atoms with Crippen LogP contribution in [0.3, 0.4) is 0 Å². The zero-order valence-corrected chi connectivity index (χ0v) is 9.80. The number of furan rings is 1. The highest BCUT2D eigenvalue weighted by Gasteiger charge is 2.35. The Morgan fingerprint density at radius 1 is 1.57 bits per heavy atom. The monoisotopic (exact) mass is 260 g/mol. The Hall–Kier alpha value is -0.610. The second kappa shape index (κ2) is 4.28. The van der Waals surface area contributed by atoms with Crippen LogP contribution >= 0.6 is 15.9 Å². The lowest BCUT2D eigenvalue weighted by Gasteiger charge is -2.22. The standard InChI is InChI=1S/C10H13BrO3/c1-3-10(13,4-2)9(12)8-7(11)5-6-14-8/h5-6,13H,3-4H2,1-2H3. The molecule has 0 amide bonds. The van der Waals surface area contributed by atoms with E-state index >= 15 is 0 Å². The second-order valence-electron chi connectivity index (χ2n) is 3.17. The zero-order chi connectivity index (χ0) is 10.8. The van der Waals surface area contributed by atoms with Gasteiger partial charge in [-0.2, -0.15) is 0 Å². The molecule has 0 saturated carbocycles. The fraction of sp³-hybridized carbons (Fsp3) is 0.500. The van der Waals surface area contributed by atoms with Crippen LogP contribution in [0.25, 0.3) is 0 Å². The third-order valence-corrected chi connectivity index (χ3v) is 3.04. The molecule has 0 aliphatic heterocycles. The molecule has 1 aromatic heterocycles. The molecule has 14 heavy (non-hydrogen) atoms. The minimum atomic E-state index is -1.31. The van der Waals surface area contributed by atoms with E-state index in [1.165, 1.54) is 6.26 Å². The molecule has 0 atom stereocenters. The van der Waals surface area contributed by atoms with Gasteiger partial charge in [0.05, 0.1) is 10.7 Å². The van der Waals surface area contributed by atoms with Gasteiger partial charge in [0, 0.05) is 0 Å². The lowest BCUT2D eigenvalue weighted by molar-refractivity contribution is 0.0250. The summed E-state index contributed by atoms with van der Waals surface area (Å²) in [6, 6.07) is 1.64. The van der Waals surface area contributed by atoms with Crippen molar-refractivity contribution in [2.45, 2.75) is 32.3 Å². The number of ketones is 1. The topological polar surface area (TPSA) is 50.4 Å². The van der Waals surface area contributed by atoms with E-state index in [-0.39, 0.29) is 11.5 Å². The maximum Gasteiger partial charge on any atom is 0.230 e. The Labute approximate surface area is 91.2 Å². The minimum Gasteiger partial charge on any atom is -0.460 e. The molecule has 0 radical (unpaired) electrons. The van der Waals surface area contributed by atoms with E-state index in [0.29, 0.717) is 17.3 Å². The average molecular weight is 261 g/mol. The van der Waals surface area contributed by atoms with E-state index in [9.17, 15) is 9.90 Å². The van der Waals surface area contributed by atoms with Crippen LogP contribution in [0, 0.1) is 0 Å². The van der Waals surface area contributed by atoms with Crippen molar-refractivity contribution in [2.75, 3.05) is 0 Å². The molecular weight excluding hydrogens is 248 g/mol. The van der Waals surface area contributed by atoms with Crippen LogP contribution in [-0.2, 0) is 0 Å². The van der Waals surface area contributed by atoms with Gasteiger partial charge in [-0.1, -0.05) is 13.8 Å². The summed E-state index contributed by atoms with van der Waals surface area (Å²) >= 11 is 3.19. The molecule has 0 unspecified atom stereocenters. The SMILES string of the molecule is CCC(O)(CC)C(=O)c1occc1Br. The van der Waals surface area contributed by atoms with Gasteiger partial charge < -0.3 is 9.52 Å². The van der Waals surface area contributed by atoms with Crippen molar-refractivity contribution in [1.29, 1.82) is 0 Å². The number of halogens is 1. The van der Waals surface area contributed by atoms with Gasteiger partial charge in [0.25, 0.3) is 0 Å². The quantitative estimate of drug-likeness (QED) is 0.848. The van der Waals surface area contributed by atoms with Crippen molar-refractivity contribution in [1.82, 2.24) is 0 Å². The van der Waals surface area contributed by atoms with Crippen molar-refractivity contribution in [3.05, 3.63) is 22.6 Å². The van der Waals surface area contributed by atoms with Crippen LogP contribution < -0.4 is 0 Å². The van der Waals surface area contributed by atoms with Gasteiger partial charge in [-0.25, -0.2) is 0 Å².